The molecule has 1 rings (SSSR count). The predicted molar refractivity (Wildman–Crippen MR) is 66.7 cm³/mol. The van der Waals surface area contributed by atoms with Gasteiger partial charge in [-0.3, -0.25) is 4.79 Å². The van der Waals surface area contributed by atoms with Crippen molar-refractivity contribution < 1.29 is 9.90 Å². The highest BCUT2D eigenvalue weighted by Crippen LogP contribution is 2.16. The van der Waals surface area contributed by atoms with Crippen molar-refractivity contribution in [3.63, 3.8) is 0 Å². The van der Waals surface area contributed by atoms with Crippen LogP contribution in [-0.2, 0) is 4.79 Å². The number of carboxylic acids is 1. The molecule has 0 aliphatic carbocycles. The van der Waals surface area contributed by atoms with E-state index in [-0.39, 0.29) is 24.9 Å². The lowest BCUT2D eigenvalue weighted by Crippen LogP contribution is -2.10. The number of halogens is 1. The molecule has 0 fully saturated rings. The van der Waals surface area contributed by atoms with Gasteiger partial charge >= 0.3 is 5.97 Å². The van der Waals surface area contributed by atoms with Crippen LogP contribution in [0, 0.1) is 0 Å². The number of carbonyl (C=O) groups is 1. The summed E-state index contributed by atoms with van der Waals surface area (Å²) in [5.41, 5.74) is 7.08. The van der Waals surface area contributed by atoms with Crippen LogP contribution in [0.25, 0.3) is 0 Å². The van der Waals surface area contributed by atoms with E-state index in [0.717, 1.165) is 18.4 Å². The summed E-state index contributed by atoms with van der Waals surface area (Å²) in [4.78, 5) is 10.3. The van der Waals surface area contributed by atoms with Crippen LogP contribution in [0.4, 0.5) is 0 Å². The first-order chi connectivity index (χ1) is 7.20. The summed E-state index contributed by atoms with van der Waals surface area (Å²) >= 11 is 0. The van der Waals surface area contributed by atoms with E-state index in [1.54, 1.807) is 0 Å². The van der Waals surface area contributed by atoms with E-state index in [2.05, 4.69) is 0 Å². The lowest BCUT2D eigenvalue weighted by molar-refractivity contribution is -0.137. The molecule has 1 aromatic rings. The highest BCUT2D eigenvalue weighted by atomic mass is 35.5. The number of rotatable bonds is 6. The average Bonchev–Trinajstić information content (AvgIpc) is 2.25. The summed E-state index contributed by atoms with van der Waals surface area (Å²) in [7, 11) is 0. The second-order valence-corrected chi connectivity index (χ2v) is 3.66. The molecule has 0 radical (unpaired) electrons. The number of hydrogen-bond acceptors (Lipinski definition) is 2. The summed E-state index contributed by atoms with van der Waals surface area (Å²) in [5.74, 6) is -0.733. The van der Waals surface area contributed by atoms with Crippen molar-refractivity contribution in [2.24, 2.45) is 5.73 Å². The van der Waals surface area contributed by atoms with Gasteiger partial charge < -0.3 is 10.8 Å². The Morgan fingerprint density at radius 2 is 1.88 bits per heavy atom. The Labute approximate surface area is 102 Å². The van der Waals surface area contributed by atoms with E-state index in [9.17, 15) is 4.79 Å². The molecule has 0 bridgehead atoms. The number of hydrogen-bond donors (Lipinski definition) is 2. The zero-order chi connectivity index (χ0) is 11.1. The largest absolute Gasteiger partial charge is 0.481 e. The number of nitrogens with two attached hydrogens (primary N) is 1. The average molecular weight is 244 g/mol. The third kappa shape index (κ3) is 5.73. The molecule has 16 heavy (non-hydrogen) atoms. The van der Waals surface area contributed by atoms with Gasteiger partial charge in [-0.1, -0.05) is 36.8 Å². The van der Waals surface area contributed by atoms with Crippen molar-refractivity contribution in [1.29, 1.82) is 0 Å². The molecule has 3 N–H and O–H groups in total. The molecule has 4 heteroatoms. The van der Waals surface area contributed by atoms with Gasteiger partial charge in [-0.05, 0) is 18.4 Å². The molecular weight excluding hydrogens is 226 g/mol. The second-order valence-electron chi connectivity index (χ2n) is 3.66. The summed E-state index contributed by atoms with van der Waals surface area (Å²) in [5, 5.41) is 8.46. The number of carboxylic acid groups (broad SMARTS) is 1. The van der Waals surface area contributed by atoms with E-state index in [1.807, 2.05) is 30.3 Å². The molecule has 0 saturated heterocycles. The topological polar surface area (TPSA) is 63.3 Å². The fourth-order valence-electron chi connectivity index (χ4n) is 1.51. The van der Waals surface area contributed by atoms with Gasteiger partial charge in [0.25, 0.3) is 0 Å². The van der Waals surface area contributed by atoms with Crippen LogP contribution in [-0.4, -0.2) is 11.1 Å². The molecule has 0 aromatic heterocycles. The molecule has 1 aromatic carbocycles. The van der Waals surface area contributed by atoms with Crippen molar-refractivity contribution >= 4 is 18.4 Å². The van der Waals surface area contributed by atoms with Gasteiger partial charge in [-0.2, -0.15) is 0 Å². The summed E-state index contributed by atoms with van der Waals surface area (Å²) in [6, 6.07) is 9.92. The number of unbranched alkanes of at least 4 members (excludes halogenated alkanes) is 1. The van der Waals surface area contributed by atoms with Crippen molar-refractivity contribution in [2.75, 3.05) is 0 Å². The van der Waals surface area contributed by atoms with Gasteiger partial charge in [-0.15, -0.1) is 12.4 Å². The number of benzene rings is 1. The third-order valence-corrected chi connectivity index (χ3v) is 2.38. The standard InChI is InChI=1S/C12H17NO2.ClH/c13-11(8-4-5-9-12(14)15)10-6-2-1-3-7-10;/h1-3,6-7,11H,4-5,8-9,13H2,(H,14,15);1H/t11-;/m1./s1. The summed E-state index contributed by atoms with van der Waals surface area (Å²) in [6.45, 7) is 0. The van der Waals surface area contributed by atoms with Gasteiger partial charge in [-0.25, -0.2) is 0 Å². The highest BCUT2D eigenvalue weighted by molar-refractivity contribution is 5.85. The van der Waals surface area contributed by atoms with Crippen molar-refractivity contribution in [3.8, 4) is 0 Å². The van der Waals surface area contributed by atoms with Gasteiger partial charge in [0.2, 0.25) is 0 Å². The minimum Gasteiger partial charge on any atom is -0.481 e. The van der Waals surface area contributed by atoms with Crippen LogP contribution in [0.1, 0.15) is 37.3 Å². The van der Waals surface area contributed by atoms with Crippen LogP contribution < -0.4 is 5.73 Å². The van der Waals surface area contributed by atoms with E-state index in [0.29, 0.717) is 6.42 Å². The van der Waals surface area contributed by atoms with Crippen LogP contribution in [0.3, 0.4) is 0 Å². The van der Waals surface area contributed by atoms with Gasteiger partial charge in [0, 0.05) is 12.5 Å². The Kier molecular flexibility index (Phi) is 7.60. The molecule has 0 unspecified atom stereocenters. The summed E-state index contributed by atoms with van der Waals surface area (Å²) < 4.78 is 0. The fourth-order valence-corrected chi connectivity index (χ4v) is 1.51. The Balaban J connectivity index is 0.00000225. The Morgan fingerprint density at radius 3 is 2.44 bits per heavy atom. The van der Waals surface area contributed by atoms with Crippen LogP contribution >= 0.6 is 12.4 Å². The molecule has 0 aliphatic heterocycles. The minimum absolute atomic E-state index is 0. The molecule has 0 spiro atoms. The maximum Gasteiger partial charge on any atom is 0.303 e. The van der Waals surface area contributed by atoms with Gasteiger partial charge in [0.15, 0.2) is 0 Å². The van der Waals surface area contributed by atoms with Gasteiger partial charge in [0.05, 0.1) is 0 Å². The first kappa shape index (κ1) is 14.9. The molecule has 0 heterocycles. The Hall–Kier alpha value is -1.06. The van der Waals surface area contributed by atoms with Crippen LogP contribution in [0.15, 0.2) is 30.3 Å². The molecule has 0 saturated carbocycles. The van der Waals surface area contributed by atoms with Crippen molar-refractivity contribution in [3.05, 3.63) is 35.9 Å². The van der Waals surface area contributed by atoms with E-state index in [4.69, 9.17) is 10.8 Å². The lowest BCUT2D eigenvalue weighted by Gasteiger charge is -2.10. The zero-order valence-corrected chi connectivity index (χ0v) is 9.95. The van der Waals surface area contributed by atoms with Gasteiger partial charge in [0.1, 0.15) is 0 Å². The predicted octanol–water partition coefficient (Wildman–Crippen LogP) is 2.75. The maximum atomic E-state index is 10.3. The third-order valence-electron chi connectivity index (χ3n) is 2.38. The van der Waals surface area contributed by atoms with E-state index < -0.39 is 5.97 Å². The first-order valence-electron chi connectivity index (χ1n) is 5.22. The van der Waals surface area contributed by atoms with E-state index in [1.165, 1.54) is 0 Å². The van der Waals surface area contributed by atoms with Crippen molar-refractivity contribution in [1.82, 2.24) is 0 Å². The zero-order valence-electron chi connectivity index (χ0n) is 9.13. The van der Waals surface area contributed by atoms with Crippen molar-refractivity contribution in [2.45, 2.75) is 31.7 Å². The number of aliphatic carboxylic acids is 1. The lowest BCUT2D eigenvalue weighted by atomic mass is 10.0. The Morgan fingerprint density at radius 1 is 1.25 bits per heavy atom. The SMILES string of the molecule is Cl.N[C@H](CCCCC(=O)O)c1ccccc1. The molecule has 1 atom stereocenters. The molecule has 0 aliphatic rings. The molecule has 90 valence electrons. The molecular formula is C12H18ClNO2. The minimum atomic E-state index is -0.733. The highest BCUT2D eigenvalue weighted by Gasteiger charge is 2.05. The maximum absolute atomic E-state index is 10.3. The second kappa shape index (κ2) is 8.13. The smallest absolute Gasteiger partial charge is 0.303 e. The van der Waals surface area contributed by atoms with Crippen LogP contribution in [0.5, 0.6) is 0 Å². The fraction of sp³-hybridized carbons (Fsp3) is 0.417. The normalized spacial score (nSPS) is 11.6. The van der Waals surface area contributed by atoms with E-state index >= 15 is 0 Å². The Bertz CT molecular complexity index is 303. The molecule has 0 amide bonds. The summed E-state index contributed by atoms with van der Waals surface area (Å²) in [6.07, 6.45) is 2.65. The first-order valence-corrected chi connectivity index (χ1v) is 5.22. The molecule has 3 nitrogen and oxygen atoms in total. The van der Waals surface area contributed by atoms with Crippen LogP contribution in [0.2, 0.25) is 0 Å². The quantitative estimate of drug-likeness (QED) is 0.756. The monoisotopic (exact) mass is 243 g/mol.